The fourth-order valence-corrected chi connectivity index (χ4v) is 4.25. The molecule has 0 radical (unpaired) electrons. The van der Waals surface area contributed by atoms with Crippen molar-refractivity contribution in [2.75, 3.05) is 46.1 Å². The molecule has 3 heterocycles. The van der Waals surface area contributed by atoms with Crippen molar-refractivity contribution >= 4 is 11.9 Å². The molecule has 0 aliphatic carbocycles. The fraction of sp³-hybridized carbons (Fsp3) is 0.375. The first-order chi connectivity index (χ1) is 14.7. The van der Waals surface area contributed by atoms with Gasteiger partial charge in [0.15, 0.2) is 5.76 Å². The van der Waals surface area contributed by atoms with Gasteiger partial charge in [-0.3, -0.25) is 14.6 Å². The third kappa shape index (κ3) is 3.74. The Bertz CT molecular complexity index is 980. The molecule has 0 aromatic heterocycles. The lowest BCUT2D eigenvalue weighted by Gasteiger charge is -2.33. The molecule has 0 spiro atoms. The van der Waals surface area contributed by atoms with Crippen LogP contribution < -0.4 is 9.47 Å². The average molecular weight is 406 g/mol. The number of carbonyl (C=O) groups excluding carboxylic acids is 1. The second-order valence-electron chi connectivity index (χ2n) is 8.00. The van der Waals surface area contributed by atoms with Crippen molar-refractivity contribution in [3.05, 3.63) is 64.4 Å². The molecule has 3 aliphatic rings. The van der Waals surface area contributed by atoms with Crippen LogP contribution in [0.5, 0.6) is 11.5 Å². The SMILES string of the molecule is Cc1c2c(cc3c1O/C(=C\c1ccccc1)C3=O)CN(CCN1CCOCC1)CO2. The van der Waals surface area contributed by atoms with Crippen LogP contribution in [-0.2, 0) is 11.3 Å². The summed E-state index contributed by atoms with van der Waals surface area (Å²) in [7, 11) is 0. The van der Waals surface area contributed by atoms with Crippen LogP contribution in [0.25, 0.3) is 6.08 Å². The predicted octanol–water partition coefficient (Wildman–Crippen LogP) is 3.10. The topological polar surface area (TPSA) is 51.2 Å². The van der Waals surface area contributed by atoms with Crippen molar-refractivity contribution in [2.24, 2.45) is 0 Å². The number of hydrogen-bond donors (Lipinski definition) is 0. The molecule has 2 aromatic rings. The molecule has 0 unspecified atom stereocenters. The van der Waals surface area contributed by atoms with Crippen LogP contribution in [0, 0.1) is 6.92 Å². The van der Waals surface area contributed by atoms with Gasteiger partial charge in [-0.2, -0.15) is 0 Å². The third-order valence-corrected chi connectivity index (χ3v) is 5.94. The first-order valence-corrected chi connectivity index (χ1v) is 10.5. The maximum atomic E-state index is 13.0. The Labute approximate surface area is 176 Å². The Morgan fingerprint density at radius 2 is 1.80 bits per heavy atom. The highest BCUT2D eigenvalue weighted by Crippen LogP contribution is 2.43. The number of allylic oxidation sites excluding steroid dienone is 1. The van der Waals surface area contributed by atoms with Gasteiger partial charge in [-0.05, 0) is 24.6 Å². The summed E-state index contributed by atoms with van der Waals surface area (Å²) in [6.07, 6.45) is 1.80. The van der Waals surface area contributed by atoms with E-state index in [-0.39, 0.29) is 5.78 Å². The summed E-state index contributed by atoms with van der Waals surface area (Å²) in [5.74, 6) is 1.78. The zero-order valence-electron chi connectivity index (χ0n) is 17.2. The van der Waals surface area contributed by atoms with E-state index >= 15 is 0 Å². The number of ether oxygens (including phenoxy) is 3. The summed E-state index contributed by atoms with van der Waals surface area (Å²) in [6.45, 7) is 8.82. The van der Waals surface area contributed by atoms with Crippen LogP contribution in [0.15, 0.2) is 42.2 Å². The van der Waals surface area contributed by atoms with Crippen molar-refractivity contribution < 1.29 is 19.0 Å². The molecular formula is C24H26N2O4. The Kier molecular flexibility index (Phi) is 5.29. The van der Waals surface area contributed by atoms with Crippen LogP contribution in [0.1, 0.15) is 27.0 Å². The molecule has 1 saturated heterocycles. The van der Waals surface area contributed by atoms with E-state index in [0.717, 1.165) is 68.4 Å². The van der Waals surface area contributed by atoms with E-state index in [2.05, 4.69) is 9.80 Å². The van der Waals surface area contributed by atoms with Crippen molar-refractivity contribution in [1.29, 1.82) is 0 Å². The second kappa shape index (κ2) is 8.22. The molecule has 30 heavy (non-hydrogen) atoms. The Hall–Kier alpha value is -2.67. The molecule has 156 valence electrons. The first-order valence-electron chi connectivity index (χ1n) is 10.5. The van der Waals surface area contributed by atoms with E-state index in [9.17, 15) is 4.79 Å². The highest BCUT2D eigenvalue weighted by Gasteiger charge is 2.33. The van der Waals surface area contributed by atoms with Gasteiger partial charge in [0.05, 0.1) is 18.8 Å². The number of carbonyl (C=O) groups is 1. The van der Waals surface area contributed by atoms with Crippen molar-refractivity contribution in [1.82, 2.24) is 9.80 Å². The predicted molar refractivity (Wildman–Crippen MR) is 114 cm³/mol. The molecule has 3 aliphatic heterocycles. The Morgan fingerprint density at radius 3 is 2.60 bits per heavy atom. The highest BCUT2D eigenvalue weighted by molar-refractivity contribution is 6.15. The minimum absolute atomic E-state index is 0.0646. The van der Waals surface area contributed by atoms with Crippen LogP contribution in [0.2, 0.25) is 0 Å². The van der Waals surface area contributed by atoms with Crippen LogP contribution in [0.4, 0.5) is 0 Å². The van der Waals surface area contributed by atoms with Gasteiger partial charge in [0.25, 0.3) is 0 Å². The lowest BCUT2D eigenvalue weighted by molar-refractivity contribution is 0.0239. The van der Waals surface area contributed by atoms with Crippen LogP contribution in [-0.4, -0.2) is 61.7 Å². The summed E-state index contributed by atoms with van der Waals surface area (Å²) in [6, 6.07) is 11.7. The van der Waals surface area contributed by atoms with E-state index in [1.165, 1.54) is 0 Å². The quantitative estimate of drug-likeness (QED) is 0.728. The largest absolute Gasteiger partial charge is 0.477 e. The molecule has 6 nitrogen and oxygen atoms in total. The zero-order chi connectivity index (χ0) is 20.5. The van der Waals surface area contributed by atoms with E-state index in [1.807, 2.05) is 43.3 Å². The molecule has 2 aromatic carbocycles. The molecule has 0 bridgehead atoms. The van der Waals surface area contributed by atoms with Gasteiger partial charge in [0.1, 0.15) is 18.2 Å². The summed E-state index contributed by atoms with van der Waals surface area (Å²) in [5, 5.41) is 0. The maximum absolute atomic E-state index is 13.0. The van der Waals surface area contributed by atoms with Crippen molar-refractivity contribution in [2.45, 2.75) is 13.5 Å². The number of Topliss-reactive ketones (excluding diaryl/α,β-unsaturated/α-hetero) is 1. The van der Waals surface area contributed by atoms with Gasteiger partial charge in [-0.1, -0.05) is 30.3 Å². The lowest BCUT2D eigenvalue weighted by Crippen LogP contribution is -2.43. The summed E-state index contributed by atoms with van der Waals surface area (Å²) >= 11 is 0. The van der Waals surface area contributed by atoms with E-state index in [1.54, 1.807) is 6.08 Å². The summed E-state index contributed by atoms with van der Waals surface area (Å²) in [4.78, 5) is 17.7. The number of ketones is 1. The molecule has 0 amide bonds. The number of benzene rings is 2. The van der Waals surface area contributed by atoms with Gasteiger partial charge in [-0.15, -0.1) is 0 Å². The maximum Gasteiger partial charge on any atom is 0.231 e. The number of morpholine rings is 1. The van der Waals surface area contributed by atoms with Crippen molar-refractivity contribution in [3.8, 4) is 11.5 Å². The molecule has 6 heteroatoms. The van der Waals surface area contributed by atoms with Gasteiger partial charge < -0.3 is 14.2 Å². The third-order valence-electron chi connectivity index (χ3n) is 5.94. The summed E-state index contributed by atoms with van der Waals surface area (Å²) < 4.78 is 17.5. The molecular weight excluding hydrogens is 380 g/mol. The number of fused-ring (bicyclic) bond motifs is 2. The smallest absolute Gasteiger partial charge is 0.231 e. The van der Waals surface area contributed by atoms with E-state index in [4.69, 9.17) is 14.2 Å². The van der Waals surface area contributed by atoms with Gasteiger partial charge in [0, 0.05) is 43.9 Å². The second-order valence-corrected chi connectivity index (χ2v) is 8.00. The zero-order valence-corrected chi connectivity index (χ0v) is 17.2. The summed E-state index contributed by atoms with van der Waals surface area (Å²) in [5.41, 5.74) is 3.53. The van der Waals surface area contributed by atoms with Gasteiger partial charge >= 0.3 is 0 Å². The van der Waals surface area contributed by atoms with Gasteiger partial charge in [-0.25, -0.2) is 0 Å². The minimum atomic E-state index is -0.0646. The number of rotatable bonds is 4. The number of nitrogens with zero attached hydrogens (tertiary/aromatic N) is 2. The molecule has 1 fully saturated rings. The number of hydrogen-bond acceptors (Lipinski definition) is 6. The Balaban J connectivity index is 1.34. The average Bonchev–Trinajstić information content (AvgIpc) is 3.09. The van der Waals surface area contributed by atoms with Crippen molar-refractivity contribution in [3.63, 3.8) is 0 Å². The van der Waals surface area contributed by atoms with E-state index < -0.39 is 0 Å². The molecule has 0 saturated carbocycles. The van der Waals surface area contributed by atoms with Gasteiger partial charge in [0.2, 0.25) is 5.78 Å². The van der Waals surface area contributed by atoms with E-state index in [0.29, 0.717) is 23.8 Å². The Morgan fingerprint density at radius 1 is 1.03 bits per heavy atom. The first kappa shape index (κ1) is 19.3. The molecule has 5 rings (SSSR count). The molecule has 0 atom stereocenters. The monoisotopic (exact) mass is 406 g/mol. The van der Waals surface area contributed by atoms with Crippen LogP contribution in [0.3, 0.4) is 0 Å². The standard InChI is InChI=1S/C24H26N2O4/c1-17-23-19(15-26(16-29-23)8-7-25-9-11-28-12-10-25)14-20-22(27)21(30-24(17)20)13-18-5-3-2-4-6-18/h2-6,13-14H,7-12,15-16H2,1H3/b21-13-. The minimum Gasteiger partial charge on any atom is -0.477 e. The highest BCUT2D eigenvalue weighted by atomic mass is 16.5. The lowest BCUT2D eigenvalue weighted by atomic mass is 10.00. The normalized spacial score (nSPS) is 20.6. The molecule has 0 N–H and O–H groups in total. The van der Waals surface area contributed by atoms with Crippen LogP contribution >= 0.6 is 0 Å². The fourth-order valence-electron chi connectivity index (χ4n) is 4.25.